The molecule has 0 fully saturated rings. The maximum atomic E-state index is 13.0. The van der Waals surface area contributed by atoms with Crippen LogP contribution >= 0.6 is 0 Å². The van der Waals surface area contributed by atoms with Crippen molar-refractivity contribution in [2.45, 2.75) is 23.1 Å². The molecule has 1 aliphatic rings. The number of benzene rings is 2. The molecular weight excluding hydrogens is 374 g/mol. The van der Waals surface area contributed by atoms with E-state index in [0.717, 1.165) is 11.3 Å². The van der Waals surface area contributed by atoms with E-state index in [4.69, 9.17) is 0 Å². The lowest BCUT2D eigenvalue weighted by molar-refractivity contribution is 0.102. The molecule has 1 unspecified atom stereocenters. The predicted octanol–water partition coefficient (Wildman–Crippen LogP) is 3.49. The summed E-state index contributed by atoms with van der Waals surface area (Å²) in [4.78, 5) is 16.5. The van der Waals surface area contributed by atoms with Gasteiger partial charge < -0.3 is 10.6 Å². The first-order valence-electron chi connectivity index (χ1n) is 8.94. The van der Waals surface area contributed by atoms with Gasteiger partial charge in [0.25, 0.3) is 5.91 Å². The fourth-order valence-corrected chi connectivity index (χ4v) is 4.80. The van der Waals surface area contributed by atoms with Crippen LogP contribution in [-0.2, 0) is 16.3 Å². The Morgan fingerprint density at radius 2 is 1.82 bits per heavy atom. The Morgan fingerprint density at radius 3 is 2.57 bits per heavy atom. The summed E-state index contributed by atoms with van der Waals surface area (Å²) in [6, 6.07) is 17.2. The largest absolute Gasteiger partial charge is 0.369 e. The van der Waals surface area contributed by atoms with E-state index in [9.17, 15) is 13.2 Å². The van der Waals surface area contributed by atoms with Crippen LogP contribution in [0.1, 0.15) is 22.3 Å². The number of carbonyl (C=O) groups is 1. The van der Waals surface area contributed by atoms with E-state index in [-0.39, 0.29) is 10.8 Å². The highest BCUT2D eigenvalue weighted by molar-refractivity contribution is 7.92. The molecule has 0 aliphatic carbocycles. The van der Waals surface area contributed by atoms with Crippen molar-refractivity contribution in [2.24, 2.45) is 0 Å². The molecule has 0 saturated heterocycles. The fraction of sp³-hybridized carbons (Fsp3) is 0.143. The highest BCUT2D eigenvalue weighted by atomic mass is 32.2. The maximum absolute atomic E-state index is 13.0. The number of aryl methyl sites for hydroxylation is 1. The minimum Gasteiger partial charge on any atom is -0.369 e. The SMILES string of the molecule is O=C(Nc1cccnc1)c1ccc(S(=O)(=O)C2CCc3ccccc3N2)cc1. The number of fused-ring (bicyclic) bond motifs is 1. The summed E-state index contributed by atoms with van der Waals surface area (Å²) in [5.41, 5.74) is 2.94. The van der Waals surface area contributed by atoms with Crippen LogP contribution in [0, 0.1) is 0 Å². The quantitative estimate of drug-likeness (QED) is 0.708. The number of sulfone groups is 1. The van der Waals surface area contributed by atoms with Gasteiger partial charge in [0.15, 0.2) is 9.84 Å². The van der Waals surface area contributed by atoms with Crippen molar-refractivity contribution < 1.29 is 13.2 Å². The summed E-state index contributed by atoms with van der Waals surface area (Å²) in [5, 5.41) is 5.18. The Labute approximate surface area is 163 Å². The first-order valence-corrected chi connectivity index (χ1v) is 10.5. The number of hydrogen-bond donors (Lipinski definition) is 2. The standard InChI is InChI=1S/C21H19N3O3S/c25-21(23-17-5-3-13-22-14-17)16-7-10-18(11-8-16)28(26,27)20-12-9-15-4-1-2-6-19(15)24-20/h1-8,10-11,13-14,20,24H,9,12H2,(H,23,25). The second kappa shape index (κ2) is 7.44. The van der Waals surface area contributed by atoms with Gasteiger partial charge in [-0.1, -0.05) is 18.2 Å². The highest BCUT2D eigenvalue weighted by Gasteiger charge is 2.30. The van der Waals surface area contributed by atoms with Crippen LogP contribution in [0.15, 0.2) is 78.0 Å². The molecule has 28 heavy (non-hydrogen) atoms. The fourth-order valence-electron chi connectivity index (χ4n) is 3.24. The number of amides is 1. The van der Waals surface area contributed by atoms with Gasteiger partial charge in [-0.05, 0) is 60.9 Å². The molecule has 0 spiro atoms. The summed E-state index contributed by atoms with van der Waals surface area (Å²) in [6.45, 7) is 0. The van der Waals surface area contributed by atoms with E-state index in [2.05, 4.69) is 15.6 Å². The van der Waals surface area contributed by atoms with E-state index in [1.54, 1.807) is 24.5 Å². The van der Waals surface area contributed by atoms with Gasteiger partial charge in [-0.25, -0.2) is 8.42 Å². The van der Waals surface area contributed by atoms with Gasteiger partial charge in [0, 0.05) is 17.4 Å². The normalized spacial score (nSPS) is 15.9. The van der Waals surface area contributed by atoms with Gasteiger partial charge in [0.1, 0.15) is 5.37 Å². The third kappa shape index (κ3) is 3.61. The van der Waals surface area contributed by atoms with Crippen LogP contribution in [0.2, 0.25) is 0 Å². The van der Waals surface area contributed by atoms with Crippen molar-refractivity contribution in [1.82, 2.24) is 4.98 Å². The van der Waals surface area contributed by atoms with Crippen molar-refractivity contribution in [3.8, 4) is 0 Å². The lowest BCUT2D eigenvalue weighted by Gasteiger charge is -2.26. The minimum absolute atomic E-state index is 0.197. The van der Waals surface area contributed by atoms with Crippen molar-refractivity contribution in [3.63, 3.8) is 0 Å². The van der Waals surface area contributed by atoms with Gasteiger partial charge in [-0.2, -0.15) is 0 Å². The first kappa shape index (κ1) is 18.2. The molecule has 0 bridgehead atoms. The van der Waals surface area contributed by atoms with Gasteiger partial charge in [-0.15, -0.1) is 0 Å². The van der Waals surface area contributed by atoms with Crippen LogP contribution in [0.5, 0.6) is 0 Å². The van der Waals surface area contributed by atoms with Gasteiger partial charge in [-0.3, -0.25) is 9.78 Å². The minimum atomic E-state index is -3.56. The molecule has 1 aromatic heterocycles. The van der Waals surface area contributed by atoms with Crippen LogP contribution in [0.25, 0.3) is 0 Å². The molecule has 1 amide bonds. The Morgan fingerprint density at radius 1 is 1.04 bits per heavy atom. The zero-order valence-corrected chi connectivity index (χ0v) is 15.8. The Kier molecular flexibility index (Phi) is 4.83. The lowest BCUT2D eigenvalue weighted by Crippen LogP contribution is -2.33. The molecule has 3 aromatic rings. The second-order valence-corrected chi connectivity index (χ2v) is 8.72. The Bertz CT molecular complexity index is 1100. The molecule has 2 N–H and O–H groups in total. The van der Waals surface area contributed by atoms with Gasteiger partial charge in [0.2, 0.25) is 0 Å². The average molecular weight is 393 g/mol. The topological polar surface area (TPSA) is 88.2 Å². The number of para-hydroxylation sites is 1. The molecule has 2 aromatic carbocycles. The zero-order chi connectivity index (χ0) is 19.6. The van der Waals surface area contributed by atoms with Crippen LogP contribution in [0.4, 0.5) is 11.4 Å². The predicted molar refractivity (Wildman–Crippen MR) is 108 cm³/mol. The summed E-state index contributed by atoms with van der Waals surface area (Å²) in [7, 11) is -3.56. The molecule has 2 heterocycles. The van der Waals surface area contributed by atoms with Crippen molar-refractivity contribution in [2.75, 3.05) is 10.6 Å². The number of nitrogens with zero attached hydrogens (tertiary/aromatic N) is 1. The molecule has 0 saturated carbocycles. The number of anilines is 2. The van der Waals surface area contributed by atoms with E-state index < -0.39 is 15.2 Å². The third-order valence-corrected chi connectivity index (χ3v) is 6.78. The monoisotopic (exact) mass is 393 g/mol. The lowest BCUT2D eigenvalue weighted by atomic mass is 10.0. The molecule has 4 rings (SSSR count). The molecule has 1 atom stereocenters. The van der Waals surface area contributed by atoms with E-state index in [1.165, 1.54) is 24.3 Å². The van der Waals surface area contributed by atoms with Crippen molar-refractivity contribution >= 4 is 27.1 Å². The molecule has 1 aliphatic heterocycles. The number of hydrogen-bond acceptors (Lipinski definition) is 5. The van der Waals surface area contributed by atoms with E-state index in [1.807, 2.05) is 24.3 Å². The van der Waals surface area contributed by atoms with Gasteiger partial charge in [0.05, 0.1) is 16.8 Å². The Hall–Kier alpha value is -3.19. The Balaban J connectivity index is 1.51. The molecule has 142 valence electrons. The summed E-state index contributed by atoms with van der Waals surface area (Å²) < 4.78 is 26.0. The zero-order valence-electron chi connectivity index (χ0n) is 15.0. The summed E-state index contributed by atoms with van der Waals surface area (Å²) in [5.74, 6) is -0.318. The maximum Gasteiger partial charge on any atom is 0.255 e. The summed E-state index contributed by atoms with van der Waals surface area (Å²) in [6.07, 6.45) is 4.37. The number of carbonyl (C=O) groups excluding carboxylic acids is 1. The van der Waals surface area contributed by atoms with Crippen LogP contribution in [0.3, 0.4) is 0 Å². The molecule has 6 nitrogen and oxygen atoms in total. The second-order valence-electron chi connectivity index (χ2n) is 6.59. The van der Waals surface area contributed by atoms with Crippen molar-refractivity contribution in [3.05, 3.63) is 84.2 Å². The van der Waals surface area contributed by atoms with E-state index >= 15 is 0 Å². The first-order chi connectivity index (χ1) is 13.5. The number of pyridine rings is 1. The average Bonchev–Trinajstić information content (AvgIpc) is 2.74. The van der Waals surface area contributed by atoms with Gasteiger partial charge >= 0.3 is 0 Å². The summed E-state index contributed by atoms with van der Waals surface area (Å²) >= 11 is 0. The van der Waals surface area contributed by atoms with Crippen LogP contribution < -0.4 is 10.6 Å². The van der Waals surface area contributed by atoms with Crippen LogP contribution in [-0.4, -0.2) is 24.7 Å². The number of aromatic nitrogens is 1. The highest BCUT2D eigenvalue weighted by Crippen LogP contribution is 2.29. The molecule has 0 radical (unpaired) electrons. The number of nitrogens with one attached hydrogen (secondary N) is 2. The molecular formula is C21H19N3O3S. The smallest absolute Gasteiger partial charge is 0.255 e. The van der Waals surface area contributed by atoms with E-state index in [0.29, 0.717) is 24.1 Å². The van der Waals surface area contributed by atoms with Crippen molar-refractivity contribution in [1.29, 1.82) is 0 Å². The third-order valence-electron chi connectivity index (χ3n) is 4.75. The number of rotatable bonds is 4. The molecule has 7 heteroatoms.